The second kappa shape index (κ2) is 4.69. The third kappa shape index (κ3) is 2.69. The molecule has 0 amide bonds. The Morgan fingerprint density at radius 1 is 1.16 bits per heavy atom. The van der Waals surface area contributed by atoms with Crippen molar-refractivity contribution >= 4 is 13.2 Å². The molecule has 0 atom stereocenters. The van der Waals surface area contributed by atoms with Crippen molar-refractivity contribution in [1.29, 1.82) is 0 Å². The van der Waals surface area contributed by atoms with Gasteiger partial charge in [0, 0.05) is 11.8 Å². The number of rotatable bonds is 2. The van der Waals surface area contributed by atoms with E-state index >= 15 is 0 Å². The first kappa shape index (κ1) is 14.2. The Morgan fingerprint density at radius 2 is 1.74 bits per heavy atom. The van der Waals surface area contributed by atoms with Crippen molar-refractivity contribution in [2.45, 2.75) is 38.9 Å². The number of halogens is 2. The van der Waals surface area contributed by atoms with Crippen LogP contribution in [0, 0.1) is 11.8 Å². The van der Waals surface area contributed by atoms with Crippen molar-refractivity contribution in [1.82, 2.24) is 4.98 Å². The van der Waals surface area contributed by atoms with Crippen LogP contribution in [0.5, 0.6) is 0 Å². The van der Waals surface area contributed by atoms with Gasteiger partial charge in [-0.05, 0) is 33.8 Å². The molecule has 3 nitrogen and oxygen atoms in total. The molecule has 0 saturated carbocycles. The smallest absolute Gasteiger partial charge is 0.400 e. The normalized spacial score (nSPS) is 21.3. The maximum Gasteiger partial charge on any atom is 0.487 e. The Labute approximate surface area is 111 Å². The summed E-state index contributed by atoms with van der Waals surface area (Å²) in [6, 6.07) is 1.39. The molecule has 0 unspecified atom stereocenters. The van der Waals surface area contributed by atoms with Gasteiger partial charge in [0.1, 0.15) is 0 Å². The minimum Gasteiger partial charge on any atom is -0.400 e. The van der Waals surface area contributed by atoms with E-state index in [1.165, 1.54) is 18.3 Å². The quantitative estimate of drug-likeness (QED) is 0.609. The molecule has 0 bridgehead atoms. The minimum atomic E-state index is -1.11. The molecule has 0 N–H and O–H groups in total. The molecule has 0 aliphatic carbocycles. The van der Waals surface area contributed by atoms with Gasteiger partial charge in [0.25, 0.3) is 0 Å². The summed E-state index contributed by atoms with van der Waals surface area (Å²) in [5.41, 5.74) is -0.795. The molecular formula is C13H16BF2NO2. The van der Waals surface area contributed by atoms with Gasteiger partial charge < -0.3 is 9.31 Å². The van der Waals surface area contributed by atoms with Gasteiger partial charge in [0.2, 0.25) is 5.95 Å². The van der Waals surface area contributed by atoms with Gasteiger partial charge in [-0.1, -0.05) is 12.1 Å². The summed E-state index contributed by atoms with van der Waals surface area (Å²) < 4.78 is 37.8. The van der Waals surface area contributed by atoms with E-state index in [2.05, 4.69) is 4.98 Å². The van der Waals surface area contributed by atoms with Crippen LogP contribution in [0.15, 0.2) is 18.2 Å². The summed E-state index contributed by atoms with van der Waals surface area (Å²) in [5.74, 6) is -0.528. The topological polar surface area (TPSA) is 31.4 Å². The molecule has 1 saturated heterocycles. The number of aromatic nitrogens is 1. The molecule has 19 heavy (non-hydrogen) atoms. The van der Waals surface area contributed by atoms with Crippen LogP contribution >= 0.6 is 0 Å². The molecule has 102 valence electrons. The van der Waals surface area contributed by atoms with E-state index < -0.39 is 30.1 Å². The fourth-order valence-corrected chi connectivity index (χ4v) is 1.71. The summed E-state index contributed by atoms with van der Waals surface area (Å²) in [7, 11) is -0.583. The maximum atomic E-state index is 13.4. The second-order valence-corrected chi connectivity index (χ2v) is 5.49. The van der Waals surface area contributed by atoms with Crippen LogP contribution in [-0.2, 0) is 9.31 Å². The third-order valence-corrected chi connectivity index (χ3v) is 3.58. The molecule has 0 radical (unpaired) electrons. The Bertz CT molecular complexity index is 501. The van der Waals surface area contributed by atoms with Crippen LogP contribution in [0.4, 0.5) is 8.78 Å². The summed E-state index contributed by atoms with van der Waals surface area (Å²) in [6.45, 7) is 7.70. The highest BCUT2D eigenvalue weighted by Gasteiger charge is 2.50. The Kier molecular flexibility index (Phi) is 3.49. The van der Waals surface area contributed by atoms with Gasteiger partial charge in [-0.2, -0.15) is 4.39 Å². The maximum absolute atomic E-state index is 13.4. The van der Waals surface area contributed by atoms with Gasteiger partial charge >= 0.3 is 7.12 Å². The highest BCUT2D eigenvalue weighted by molar-refractivity contribution is 6.52. The first-order chi connectivity index (χ1) is 8.73. The second-order valence-electron chi connectivity index (χ2n) is 5.49. The minimum absolute atomic E-state index is 0.113. The molecule has 2 heterocycles. The number of nitrogens with zero attached hydrogens (tertiary/aromatic N) is 1. The van der Waals surface area contributed by atoms with E-state index in [4.69, 9.17) is 9.31 Å². The highest BCUT2D eigenvalue weighted by Crippen LogP contribution is 2.37. The largest absolute Gasteiger partial charge is 0.487 e. The van der Waals surface area contributed by atoms with Crippen molar-refractivity contribution in [3.8, 4) is 0 Å². The van der Waals surface area contributed by atoms with Crippen molar-refractivity contribution in [3.63, 3.8) is 0 Å². The van der Waals surface area contributed by atoms with Crippen LogP contribution in [0.3, 0.4) is 0 Å². The van der Waals surface area contributed by atoms with Gasteiger partial charge in [-0.25, -0.2) is 9.37 Å². The molecule has 1 aliphatic heterocycles. The summed E-state index contributed by atoms with van der Waals surface area (Å²) in [5, 5.41) is 0. The molecule has 1 aliphatic rings. The van der Waals surface area contributed by atoms with Gasteiger partial charge in [0.15, 0.2) is 5.82 Å². The monoisotopic (exact) mass is 267 g/mol. The lowest BCUT2D eigenvalue weighted by Gasteiger charge is -2.32. The molecule has 1 fully saturated rings. The van der Waals surface area contributed by atoms with E-state index in [-0.39, 0.29) is 5.56 Å². The third-order valence-electron chi connectivity index (χ3n) is 3.58. The van der Waals surface area contributed by atoms with E-state index in [0.29, 0.717) is 0 Å². The zero-order valence-corrected chi connectivity index (χ0v) is 11.4. The van der Waals surface area contributed by atoms with Crippen LogP contribution in [0.1, 0.15) is 33.3 Å². The summed E-state index contributed by atoms with van der Waals surface area (Å²) in [4.78, 5) is 3.23. The van der Waals surface area contributed by atoms with Gasteiger partial charge in [-0.3, -0.25) is 0 Å². The first-order valence-electron chi connectivity index (χ1n) is 6.07. The standard InChI is InChI=1S/C13H16BF2NO2/c1-12(2)13(3,4)19-14(18-12)7-5-9-6-8-17-11(16)10(9)15/h5-8H,1-4H3/b7-5+. The first-order valence-corrected chi connectivity index (χ1v) is 6.07. The lowest BCUT2D eigenvalue weighted by atomic mass is 9.89. The van der Waals surface area contributed by atoms with Gasteiger partial charge in [-0.15, -0.1) is 0 Å². The van der Waals surface area contributed by atoms with E-state index in [1.807, 2.05) is 27.7 Å². The van der Waals surface area contributed by atoms with E-state index in [1.54, 1.807) is 5.98 Å². The van der Waals surface area contributed by atoms with E-state index in [0.717, 1.165) is 0 Å². The van der Waals surface area contributed by atoms with Crippen LogP contribution in [0.25, 0.3) is 6.08 Å². The van der Waals surface area contributed by atoms with Crippen LogP contribution in [-0.4, -0.2) is 23.3 Å². The number of hydrogen-bond acceptors (Lipinski definition) is 3. The average molecular weight is 267 g/mol. The number of pyridine rings is 1. The van der Waals surface area contributed by atoms with Gasteiger partial charge in [0.05, 0.1) is 11.2 Å². The Morgan fingerprint density at radius 3 is 2.32 bits per heavy atom. The SMILES string of the molecule is CC1(C)OB(/C=C/c2ccnc(F)c2F)OC1(C)C. The highest BCUT2D eigenvalue weighted by atomic mass is 19.2. The zero-order valence-electron chi connectivity index (χ0n) is 11.4. The van der Waals surface area contributed by atoms with Crippen molar-refractivity contribution < 1.29 is 18.1 Å². The zero-order chi connectivity index (χ0) is 14.3. The van der Waals surface area contributed by atoms with Crippen LogP contribution < -0.4 is 0 Å². The Balaban J connectivity index is 2.15. The van der Waals surface area contributed by atoms with Crippen molar-refractivity contribution in [2.24, 2.45) is 0 Å². The molecule has 1 aromatic rings. The molecule has 0 spiro atoms. The molecular weight excluding hydrogens is 251 g/mol. The lowest BCUT2D eigenvalue weighted by Crippen LogP contribution is -2.41. The predicted molar refractivity (Wildman–Crippen MR) is 69.3 cm³/mol. The summed E-state index contributed by atoms with van der Waals surface area (Å²) >= 11 is 0. The summed E-state index contributed by atoms with van der Waals surface area (Å²) in [6.07, 6.45) is 2.64. The predicted octanol–water partition coefficient (Wildman–Crippen LogP) is 3.00. The number of hydrogen-bond donors (Lipinski definition) is 0. The van der Waals surface area contributed by atoms with E-state index in [9.17, 15) is 8.78 Å². The molecule has 6 heteroatoms. The average Bonchev–Trinajstić information content (AvgIpc) is 2.50. The lowest BCUT2D eigenvalue weighted by molar-refractivity contribution is 0.00578. The molecule has 0 aromatic carbocycles. The van der Waals surface area contributed by atoms with Crippen molar-refractivity contribution in [3.05, 3.63) is 35.6 Å². The molecule has 1 aromatic heterocycles. The Hall–Kier alpha value is -1.27. The fourth-order valence-electron chi connectivity index (χ4n) is 1.71. The molecule has 2 rings (SSSR count). The van der Waals surface area contributed by atoms with Crippen LogP contribution in [0.2, 0.25) is 0 Å². The fraction of sp³-hybridized carbons (Fsp3) is 0.462. The van der Waals surface area contributed by atoms with Crippen molar-refractivity contribution in [2.75, 3.05) is 0 Å².